The summed E-state index contributed by atoms with van der Waals surface area (Å²) >= 11 is 3.46. The highest BCUT2D eigenvalue weighted by Crippen LogP contribution is 2.47. The Morgan fingerprint density at radius 2 is 2.33 bits per heavy atom. The van der Waals surface area contributed by atoms with Crippen molar-refractivity contribution in [2.24, 2.45) is 5.92 Å². The van der Waals surface area contributed by atoms with Crippen LogP contribution in [0, 0.1) is 5.92 Å². The molecule has 1 aliphatic heterocycles. The SMILES string of the molecule is CC(C)C(=O)Nc1nc2c(ncn2[C@H]2CC[C@@H](COP(=O)(O)S)O2)c(=O)[nH]1. The Bertz CT molecular complexity index is 953. The third-order valence-corrected chi connectivity index (χ3v) is 4.85. The minimum absolute atomic E-state index is 0.0297. The van der Waals surface area contributed by atoms with E-state index in [1.54, 1.807) is 18.4 Å². The summed E-state index contributed by atoms with van der Waals surface area (Å²) in [6, 6.07) is 0. The monoisotopic (exact) mass is 417 g/mol. The number of nitrogens with zero attached hydrogens (tertiary/aromatic N) is 3. The van der Waals surface area contributed by atoms with Crippen molar-refractivity contribution in [1.29, 1.82) is 0 Å². The van der Waals surface area contributed by atoms with Crippen molar-refractivity contribution >= 4 is 42.1 Å². The van der Waals surface area contributed by atoms with Gasteiger partial charge in [-0.05, 0) is 12.8 Å². The van der Waals surface area contributed by atoms with E-state index in [1.807, 2.05) is 0 Å². The topological polar surface area (TPSA) is 148 Å². The summed E-state index contributed by atoms with van der Waals surface area (Å²) in [6.07, 6.45) is 1.72. The molecule has 0 spiro atoms. The number of fused-ring (bicyclic) bond motifs is 1. The van der Waals surface area contributed by atoms with E-state index < -0.39 is 24.7 Å². The molecular weight excluding hydrogens is 397 g/mol. The van der Waals surface area contributed by atoms with Crippen LogP contribution in [0.3, 0.4) is 0 Å². The molecule has 3 heterocycles. The Balaban J connectivity index is 1.81. The number of ether oxygens (including phenoxy) is 1. The zero-order valence-corrected chi connectivity index (χ0v) is 16.4. The predicted molar refractivity (Wildman–Crippen MR) is 99.5 cm³/mol. The second-order valence-corrected chi connectivity index (χ2v) is 9.21. The fraction of sp³-hybridized carbons (Fsp3) is 0.571. The number of nitrogens with one attached hydrogen (secondary N) is 2. The molecule has 3 N–H and O–H groups in total. The molecule has 0 bridgehead atoms. The van der Waals surface area contributed by atoms with Gasteiger partial charge in [-0.15, -0.1) is 0 Å². The smallest absolute Gasteiger partial charge is 0.352 e. The maximum Gasteiger partial charge on any atom is 0.383 e. The van der Waals surface area contributed by atoms with Crippen LogP contribution in [0.25, 0.3) is 11.2 Å². The molecule has 2 aromatic rings. The van der Waals surface area contributed by atoms with Crippen LogP contribution in [0.5, 0.6) is 0 Å². The molecule has 1 saturated heterocycles. The van der Waals surface area contributed by atoms with E-state index in [0.29, 0.717) is 12.8 Å². The minimum Gasteiger partial charge on any atom is -0.352 e. The fourth-order valence-electron chi connectivity index (χ4n) is 2.65. The van der Waals surface area contributed by atoms with Gasteiger partial charge < -0.3 is 9.63 Å². The van der Waals surface area contributed by atoms with Crippen molar-refractivity contribution in [2.75, 3.05) is 11.9 Å². The predicted octanol–water partition coefficient (Wildman–Crippen LogP) is 1.44. The summed E-state index contributed by atoms with van der Waals surface area (Å²) in [5.74, 6) is -0.524. The number of rotatable bonds is 6. The van der Waals surface area contributed by atoms with Gasteiger partial charge in [-0.25, -0.2) is 9.55 Å². The molecule has 27 heavy (non-hydrogen) atoms. The molecule has 3 atom stereocenters. The molecule has 0 radical (unpaired) electrons. The molecule has 148 valence electrons. The molecule has 2 aromatic heterocycles. The van der Waals surface area contributed by atoms with Crippen molar-refractivity contribution in [1.82, 2.24) is 19.5 Å². The number of hydrogen-bond acceptors (Lipinski definition) is 7. The molecule has 1 fully saturated rings. The van der Waals surface area contributed by atoms with Gasteiger partial charge in [-0.3, -0.25) is 29.0 Å². The van der Waals surface area contributed by atoms with Gasteiger partial charge in [0.1, 0.15) is 6.23 Å². The van der Waals surface area contributed by atoms with Crippen LogP contribution in [-0.2, 0) is 18.6 Å². The number of hydrogen-bond donors (Lipinski definition) is 4. The number of carbonyl (C=O) groups is 1. The number of imidazole rings is 1. The number of thiol groups is 1. The first kappa shape index (κ1) is 20.0. The standard InChI is InChI=1S/C14H20N5O6PS/c1-7(2)12(20)17-14-16-11-10(13(21)18-14)15-6-19(11)9-4-3-8(25-9)5-24-26(22,23)27/h6-9H,3-5H2,1-2H3,(H2,22,23,27)(H2,16,17,18,20,21)/t8-,9+/m0/s1. The highest BCUT2D eigenvalue weighted by atomic mass is 32.7. The summed E-state index contributed by atoms with van der Waals surface area (Å²) < 4.78 is 23.3. The lowest BCUT2D eigenvalue weighted by molar-refractivity contribution is -0.118. The lowest BCUT2D eigenvalue weighted by Gasteiger charge is -2.16. The van der Waals surface area contributed by atoms with Crippen molar-refractivity contribution in [3.05, 3.63) is 16.7 Å². The van der Waals surface area contributed by atoms with Crippen molar-refractivity contribution in [2.45, 2.75) is 39.0 Å². The Hall–Kier alpha value is -1.72. The normalized spacial score (nSPS) is 22.3. The van der Waals surface area contributed by atoms with E-state index >= 15 is 0 Å². The van der Waals surface area contributed by atoms with E-state index in [1.165, 1.54) is 6.33 Å². The number of carbonyl (C=O) groups excluding carboxylic acids is 1. The van der Waals surface area contributed by atoms with Crippen molar-refractivity contribution < 1.29 is 23.5 Å². The van der Waals surface area contributed by atoms with E-state index in [2.05, 4.69) is 32.5 Å². The molecule has 1 unspecified atom stereocenters. The first-order valence-electron chi connectivity index (χ1n) is 8.27. The van der Waals surface area contributed by atoms with E-state index in [0.717, 1.165) is 0 Å². The molecule has 13 heteroatoms. The van der Waals surface area contributed by atoms with Gasteiger partial charge in [-0.1, -0.05) is 26.1 Å². The third kappa shape index (κ3) is 4.77. The number of aromatic nitrogens is 4. The summed E-state index contributed by atoms with van der Waals surface area (Å²) in [5, 5.41) is 2.55. The molecule has 0 saturated carbocycles. The Kier molecular flexibility index (Phi) is 5.73. The van der Waals surface area contributed by atoms with Gasteiger partial charge in [0.25, 0.3) is 5.56 Å². The van der Waals surface area contributed by atoms with Crippen molar-refractivity contribution in [3.63, 3.8) is 0 Å². The van der Waals surface area contributed by atoms with Crippen LogP contribution in [-0.4, -0.2) is 43.0 Å². The first-order valence-corrected chi connectivity index (χ1v) is 11.0. The molecule has 3 rings (SSSR count). The van der Waals surface area contributed by atoms with Crippen LogP contribution in [0.15, 0.2) is 11.1 Å². The maximum absolute atomic E-state index is 12.2. The van der Waals surface area contributed by atoms with E-state index in [4.69, 9.17) is 14.2 Å². The van der Waals surface area contributed by atoms with Crippen LogP contribution in [0.4, 0.5) is 5.95 Å². The van der Waals surface area contributed by atoms with Gasteiger partial charge in [0.05, 0.1) is 19.0 Å². The van der Waals surface area contributed by atoms with E-state index in [9.17, 15) is 14.2 Å². The Labute approximate surface area is 159 Å². The van der Waals surface area contributed by atoms with Crippen LogP contribution < -0.4 is 10.9 Å². The third-order valence-electron chi connectivity index (χ3n) is 4.02. The quantitative estimate of drug-likeness (QED) is 0.408. The fourth-order valence-corrected chi connectivity index (χ4v) is 3.21. The van der Waals surface area contributed by atoms with Gasteiger partial charge >= 0.3 is 6.80 Å². The molecule has 1 aliphatic rings. The summed E-state index contributed by atoms with van der Waals surface area (Å²) in [4.78, 5) is 44.0. The van der Waals surface area contributed by atoms with Crippen LogP contribution >= 0.6 is 19.0 Å². The molecule has 11 nitrogen and oxygen atoms in total. The van der Waals surface area contributed by atoms with E-state index in [-0.39, 0.29) is 35.5 Å². The summed E-state index contributed by atoms with van der Waals surface area (Å²) in [7, 11) is 0. The van der Waals surface area contributed by atoms with Gasteiger partial charge in [0.2, 0.25) is 11.9 Å². The lowest BCUT2D eigenvalue weighted by atomic mass is 10.2. The summed E-state index contributed by atoms with van der Waals surface area (Å²) in [5.41, 5.74) is -0.0885. The highest BCUT2D eigenvalue weighted by molar-refractivity contribution is 8.44. The summed E-state index contributed by atoms with van der Waals surface area (Å²) in [6.45, 7) is -0.508. The lowest BCUT2D eigenvalue weighted by Crippen LogP contribution is -2.22. The second kappa shape index (κ2) is 7.72. The first-order chi connectivity index (χ1) is 12.6. The zero-order chi connectivity index (χ0) is 19.8. The average molecular weight is 417 g/mol. The number of anilines is 1. The molecule has 0 aliphatic carbocycles. The Morgan fingerprint density at radius 1 is 1.59 bits per heavy atom. The largest absolute Gasteiger partial charge is 0.383 e. The van der Waals surface area contributed by atoms with Gasteiger partial charge in [0, 0.05) is 5.92 Å². The number of amides is 1. The number of aromatic amines is 1. The zero-order valence-electron chi connectivity index (χ0n) is 14.7. The van der Waals surface area contributed by atoms with Crippen LogP contribution in [0.2, 0.25) is 0 Å². The minimum atomic E-state index is -3.87. The van der Waals surface area contributed by atoms with Crippen molar-refractivity contribution in [3.8, 4) is 0 Å². The van der Waals surface area contributed by atoms with Crippen LogP contribution in [0.1, 0.15) is 32.9 Å². The maximum atomic E-state index is 12.2. The van der Waals surface area contributed by atoms with Gasteiger partial charge in [-0.2, -0.15) is 4.98 Å². The number of H-pyrrole nitrogens is 1. The Morgan fingerprint density at radius 3 is 3.00 bits per heavy atom. The molecule has 0 aromatic carbocycles. The average Bonchev–Trinajstić information content (AvgIpc) is 3.18. The van der Waals surface area contributed by atoms with Gasteiger partial charge in [0.15, 0.2) is 11.2 Å². The second-order valence-electron chi connectivity index (χ2n) is 6.46. The highest BCUT2D eigenvalue weighted by Gasteiger charge is 2.30. The molecular formula is C14H20N5O6PS. The molecule has 1 amide bonds.